The lowest BCUT2D eigenvalue weighted by Crippen LogP contribution is -2.38. The third-order valence-corrected chi connectivity index (χ3v) is 3.88. The van der Waals surface area contributed by atoms with Crippen molar-refractivity contribution in [3.63, 3.8) is 0 Å². The summed E-state index contributed by atoms with van der Waals surface area (Å²) in [4.78, 5) is 12.2. The standard InChI is InChI=1S/C19H21ClFNO2/c1-2-17(24-18-8-4-3-7-16(18)21)19(23)22-13-5-6-14-9-11-15(20)12-10-14/h3-4,7-12,17H,2,5-6,13H2,1H3,(H,22,23)/t17-/m0/s1. The summed E-state index contributed by atoms with van der Waals surface area (Å²) in [6, 6.07) is 13.7. The topological polar surface area (TPSA) is 38.3 Å². The third-order valence-electron chi connectivity index (χ3n) is 3.62. The van der Waals surface area contributed by atoms with Gasteiger partial charge in [-0.1, -0.05) is 42.8 Å². The van der Waals surface area contributed by atoms with Crippen LogP contribution < -0.4 is 10.1 Å². The molecule has 0 radical (unpaired) electrons. The molecule has 0 unspecified atom stereocenters. The van der Waals surface area contributed by atoms with Crippen molar-refractivity contribution in [2.45, 2.75) is 32.3 Å². The Hall–Kier alpha value is -2.07. The number of para-hydroxylation sites is 1. The van der Waals surface area contributed by atoms with Gasteiger partial charge in [-0.3, -0.25) is 4.79 Å². The van der Waals surface area contributed by atoms with Crippen molar-refractivity contribution in [3.8, 4) is 5.75 Å². The van der Waals surface area contributed by atoms with Crippen LogP contribution in [0, 0.1) is 5.82 Å². The summed E-state index contributed by atoms with van der Waals surface area (Å²) >= 11 is 5.85. The Labute approximate surface area is 146 Å². The molecule has 5 heteroatoms. The number of hydrogen-bond acceptors (Lipinski definition) is 2. The zero-order valence-electron chi connectivity index (χ0n) is 13.6. The van der Waals surface area contributed by atoms with E-state index >= 15 is 0 Å². The third kappa shape index (κ3) is 5.53. The number of rotatable bonds is 8. The lowest BCUT2D eigenvalue weighted by molar-refractivity contribution is -0.128. The van der Waals surface area contributed by atoms with Crippen molar-refractivity contribution in [1.29, 1.82) is 0 Å². The molecule has 24 heavy (non-hydrogen) atoms. The highest BCUT2D eigenvalue weighted by atomic mass is 35.5. The van der Waals surface area contributed by atoms with Gasteiger partial charge in [0.2, 0.25) is 0 Å². The van der Waals surface area contributed by atoms with Gasteiger partial charge in [0.15, 0.2) is 17.7 Å². The fraction of sp³-hybridized carbons (Fsp3) is 0.316. The molecule has 128 valence electrons. The SMILES string of the molecule is CC[C@H](Oc1ccccc1F)C(=O)NCCCc1ccc(Cl)cc1. The second-order valence-electron chi connectivity index (χ2n) is 5.47. The first-order valence-electron chi connectivity index (χ1n) is 8.03. The molecule has 0 saturated heterocycles. The summed E-state index contributed by atoms with van der Waals surface area (Å²) in [6.07, 6.45) is 1.43. The summed E-state index contributed by atoms with van der Waals surface area (Å²) in [5.41, 5.74) is 1.17. The van der Waals surface area contributed by atoms with Crippen LogP contribution in [0.25, 0.3) is 0 Å². The number of benzene rings is 2. The van der Waals surface area contributed by atoms with Crippen molar-refractivity contribution in [3.05, 3.63) is 64.9 Å². The first kappa shape index (κ1) is 18.3. The smallest absolute Gasteiger partial charge is 0.261 e. The Morgan fingerprint density at radius 1 is 1.21 bits per heavy atom. The Bertz CT molecular complexity index is 661. The first-order chi connectivity index (χ1) is 11.6. The quantitative estimate of drug-likeness (QED) is 0.718. The van der Waals surface area contributed by atoms with Crippen LogP contribution in [0.5, 0.6) is 5.75 Å². The highest BCUT2D eigenvalue weighted by Crippen LogP contribution is 2.18. The van der Waals surface area contributed by atoms with Gasteiger partial charge >= 0.3 is 0 Å². The van der Waals surface area contributed by atoms with E-state index in [1.807, 2.05) is 31.2 Å². The van der Waals surface area contributed by atoms with Crippen LogP contribution in [0.1, 0.15) is 25.3 Å². The van der Waals surface area contributed by atoms with Gasteiger partial charge < -0.3 is 10.1 Å². The largest absolute Gasteiger partial charge is 0.478 e. The molecule has 2 rings (SSSR count). The first-order valence-corrected chi connectivity index (χ1v) is 8.41. The van der Waals surface area contributed by atoms with Gasteiger partial charge in [0.1, 0.15) is 0 Å². The average Bonchev–Trinajstić information content (AvgIpc) is 2.59. The summed E-state index contributed by atoms with van der Waals surface area (Å²) in [7, 11) is 0. The van der Waals surface area contributed by atoms with E-state index in [1.54, 1.807) is 12.1 Å². The molecule has 0 aliphatic rings. The minimum atomic E-state index is -0.697. The van der Waals surface area contributed by atoms with Gasteiger partial charge in [0, 0.05) is 11.6 Å². The van der Waals surface area contributed by atoms with Crippen molar-refractivity contribution < 1.29 is 13.9 Å². The number of hydrogen-bond donors (Lipinski definition) is 1. The Balaban J connectivity index is 1.77. The molecule has 1 N–H and O–H groups in total. The summed E-state index contributed by atoms with van der Waals surface area (Å²) in [5, 5.41) is 3.55. The molecule has 0 aromatic heterocycles. The number of nitrogens with one attached hydrogen (secondary N) is 1. The van der Waals surface area contributed by atoms with Gasteiger partial charge in [-0.05, 0) is 49.1 Å². The normalized spacial score (nSPS) is 11.8. The summed E-state index contributed by atoms with van der Waals surface area (Å²) in [5.74, 6) is -0.594. The molecule has 0 saturated carbocycles. The van der Waals surface area contributed by atoms with Crippen molar-refractivity contribution in [2.75, 3.05) is 6.54 Å². The van der Waals surface area contributed by atoms with E-state index in [-0.39, 0.29) is 11.7 Å². The van der Waals surface area contributed by atoms with Gasteiger partial charge in [0.25, 0.3) is 5.91 Å². The van der Waals surface area contributed by atoms with Crippen LogP contribution in [0.2, 0.25) is 5.02 Å². The molecule has 2 aromatic rings. The molecule has 3 nitrogen and oxygen atoms in total. The molecule has 0 aliphatic carbocycles. The Kier molecular flexibility index (Phi) is 7.07. The second kappa shape index (κ2) is 9.28. The molecule has 1 atom stereocenters. The van der Waals surface area contributed by atoms with Crippen LogP contribution in [0.3, 0.4) is 0 Å². The number of ether oxygens (including phenoxy) is 1. The molecule has 0 bridgehead atoms. The minimum Gasteiger partial charge on any atom is -0.478 e. The Morgan fingerprint density at radius 3 is 2.58 bits per heavy atom. The fourth-order valence-electron chi connectivity index (χ4n) is 2.28. The van der Waals surface area contributed by atoms with Crippen molar-refractivity contribution in [2.24, 2.45) is 0 Å². The zero-order valence-corrected chi connectivity index (χ0v) is 14.4. The monoisotopic (exact) mass is 349 g/mol. The molecular formula is C19H21ClFNO2. The van der Waals surface area contributed by atoms with Crippen molar-refractivity contribution in [1.82, 2.24) is 5.32 Å². The van der Waals surface area contributed by atoms with E-state index in [2.05, 4.69) is 5.32 Å². The van der Waals surface area contributed by atoms with Crippen LogP contribution >= 0.6 is 11.6 Å². The predicted molar refractivity (Wildman–Crippen MR) is 93.9 cm³/mol. The zero-order chi connectivity index (χ0) is 17.4. The van der Waals surface area contributed by atoms with Crippen LogP contribution in [0.15, 0.2) is 48.5 Å². The molecule has 0 fully saturated rings. The highest BCUT2D eigenvalue weighted by Gasteiger charge is 2.19. The van der Waals surface area contributed by atoms with Crippen LogP contribution in [-0.4, -0.2) is 18.6 Å². The van der Waals surface area contributed by atoms with E-state index in [4.69, 9.17) is 16.3 Å². The number of amides is 1. The fourth-order valence-corrected chi connectivity index (χ4v) is 2.41. The molecule has 0 heterocycles. The maximum atomic E-state index is 13.6. The summed E-state index contributed by atoms with van der Waals surface area (Å²) in [6.45, 7) is 2.37. The van der Waals surface area contributed by atoms with Crippen LogP contribution in [0.4, 0.5) is 4.39 Å². The second-order valence-corrected chi connectivity index (χ2v) is 5.90. The number of carbonyl (C=O) groups is 1. The maximum absolute atomic E-state index is 13.6. The van der Waals surface area contributed by atoms with Gasteiger partial charge in [-0.25, -0.2) is 4.39 Å². The molecular weight excluding hydrogens is 329 g/mol. The lowest BCUT2D eigenvalue weighted by Gasteiger charge is -2.17. The predicted octanol–water partition coefficient (Wildman–Crippen LogP) is 4.39. The van der Waals surface area contributed by atoms with E-state index in [0.717, 1.165) is 12.8 Å². The summed E-state index contributed by atoms with van der Waals surface area (Å²) < 4.78 is 19.1. The number of carbonyl (C=O) groups excluding carboxylic acids is 1. The number of aryl methyl sites for hydroxylation is 1. The van der Waals surface area contributed by atoms with Gasteiger partial charge in [0.05, 0.1) is 0 Å². The van der Waals surface area contributed by atoms with Crippen LogP contribution in [-0.2, 0) is 11.2 Å². The number of halogens is 2. The lowest BCUT2D eigenvalue weighted by atomic mass is 10.1. The molecule has 1 amide bonds. The Morgan fingerprint density at radius 2 is 1.92 bits per heavy atom. The van der Waals surface area contributed by atoms with Gasteiger partial charge in [-0.2, -0.15) is 0 Å². The minimum absolute atomic E-state index is 0.0978. The van der Waals surface area contributed by atoms with E-state index < -0.39 is 11.9 Å². The molecule has 0 spiro atoms. The van der Waals surface area contributed by atoms with Gasteiger partial charge in [-0.15, -0.1) is 0 Å². The van der Waals surface area contributed by atoms with E-state index in [0.29, 0.717) is 18.0 Å². The van der Waals surface area contributed by atoms with Crippen molar-refractivity contribution >= 4 is 17.5 Å². The molecule has 0 aliphatic heterocycles. The maximum Gasteiger partial charge on any atom is 0.261 e. The highest BCUT2D eigenvalue weighted by molar-refractivity contribution is 6.30. The van der Waals surface area contributed by atoms with E-state index in [1.165, 1.54) is 17.7 Å². The average molecular weight is 350 g/mol. The molecule has 2 aromatic carbocycles. The van der Waals surface area contributed by atoms with E-state index in [9.17, 15) is 9.18 Å².